The van der Waals surface area contributed by atoms with E-state index in [1.54, 1.807) is 6.92 Å². The Kier molecular flexibility index (Phi) is 7.43. The molecule has 1 aliphatic heterocycles. The summed E-state index contributed by atoms with van der Waals surface area (Å²) in [6.45, 7) is 6.07. The first kappa shape index (κ1) is 22.5. The third-order valence-electron chi connectivity index (χ3n) is 5.15. The summed E-state index contributed by atoms with van der Waals surface area (Å²) in [5, 5.41) is 16.6. The van der Waals surface area contributed by atoms with Crippen molar-refractivity contribution in [3.05, 3.63) is 63.2 Å². The first-order valence-corrected chi connectivity index (χ1v) is 10.3. The van der Waals surface area contributed by atoms with Gasteiger partial charge >= 0.3 is 11.8 Å². The number of carbonyl (C=O) groups excluding carboxylic acids is 2. The number of carbonyl (C=O) groups is 2. The molecule has 164 valence electrons. The highest BCUT2D eigenvalue weighted by Crippen LogP contribution is 2.21. The highest BCUT2D eigenvalue weighted by molar-refractivity contribution is 6.39. The van der Waals surface area contributed by atoms with E-state index in [1.807, 2.05) is 24.3 Å². The van der Waals surface area contributed by atoms with E-state index >= 15 is 0 Å². The quantitative estimate of drug-likeness (QED) is 0.401. The van der Waals surface area contributed by atoms with Crippen molar-refractivity contribution in [3.8, 4) is 0 Å². The second-order valence-electron chi connectivity index (χ2n) is 7.27. The van der Waals surface area contributed by atoms with Crippen LogP contribution in [0.1, 0.15) is 5.56 Å². The van der Waals surface area contributed by atoms with Crippen LogP contribution in [0, 0.1) is 17.0 Å². The minimum absolute atomic E-state index is 0.0730. The maximum absolute atomic E-state index is 12.1. The largest absolute Gasteiger partial charge is 0.369 e. The van der Waals surface area contributed by atoms with Gasteiger partial charge in [0.05, 0.1) is 4.92 Å². The van der Waals surface area contributed by atoms with E-state index in [0.29, 0.717) is 29.4 Å². The minimum atomic E-state index is -0.801. The zero-order valence-electron chi connectivity index (χ0n) is 17.1. The molecule has 0 atom stereocenters. The van der Waals surface area contributed by atoms with Gasteiger partial charge in [-0.1, -0.05) is 11.6 Å². The fourth-order valence-corrected chi connectivity index (χ4v) is 3.50. The molecule has 0 unspecified atom stereocenters. The highest BCUT2D eigenvalue weighted by atomic mass is 35.5. The summed E-state index contributed by atoms with van der Waals surface area (Å²) in [7, 11) is 0. The molecule has 9 nitrogen and oxygen atoms in total. The van der Waals surface area contributed by atoms with Crippen molar-refractivity contribution in [2.75, 3.05) is 49.5 Å². The number of rotatable bonds is 6. The van der Waals surface area contributed by atoms with Crippen LogP contribution < -0.4 is 15.5 Å². The third-order valence-corrected chi connectivity index (χ3v) is 5.40. The molecule has 0 saturated carbocycles. The summed E-state index contributed by atoms with van der Waals surface area (Å²) in [5.74, 6) is -1.54. The van der Waals surface area contributed by atoms with Crippen LogP contribution in [-0.2, 0) is 9.59 Å². The first-order valence-electron chi connectivity index (χ1n) is 9.90. The van der Waals surface area contributed by atoms with E-state index in [-0.39, 0.29) is 5.69 Å². The lowest BCUT2D eigenvalue weighted by molar-refractivity contribution is -0.384. The van der Waals surface area contributed by atoms with Crippen molar-refractivity contribution >= 4 is 40.5 Å². The molecule has 2 aromatic carbocycles. The molecule has 1 saturated heterocycles. The molecule has 10 heteroatoms. The molecule has 0 radical (unpaired) electrons. The first-order chi connectivity index (χ1) is 14.8. The van der Waals surface area contributed by atoms with Gasteiger partial charge in [0.15, 0.2) is 0 Å². The second-order valence-corrected chi connectivity index (χ2v) is 7.71. The van der Waals surface area contributed by atoms with Crippen LogP contribution in [0.2, 0.25) is 5.02 Å². The summed E-state index contributed by atoms with van der Waals surface area (Å²) in [5.41, 5.74) is 1.93. The van der Waals surface area contributed by atoms with Crippen molar-refractivity contribution in [3.63, 3.8) is 0 Å². The highest BCUT2D eigenvalue weighted by Gasteiger charge is 2.19. The van der Waals surface area contributed by atoms with Crippen LogP contribution >= 0.6 is 11.6 Å². The van der Waals surface area contributed by atoms with E-state index < -0.39 is 16.7 Å². The molecule has 0 bridgehead atoms. The van der Waals surface area contributed by atoms with Gasteiger partial charge in [0, 0.05) is 67.8 Å². The Morgan fingerprint density at radius 1 is 1.06 bits per heavy atom. The fourth-order valence-electron chi connectivity index (χ4n) is 3.37. The molecule has 1 fully saturated rings. The molecule has 2 N–H and O–H groups in total. The van der Waals surface area contributed by atoms with Gasteiger partial charge < -0.3 is 15.5 Å². The Labute approximate surface area is 185 Å². The molecule has 2 aromatic rings. The molecular formula is C21H24ClN5O4. The number of benzene rings is 2. The monoisotopic (exact) mass is 445 g/mol. The number of hydrogen-bond acceptors (Lipinski definition) is 6. The van der Waals surface area contributed by atoms with Crippen LogP contribution in [0.25, 0.3) is 0 Å². The number of nitro benzene ring substituents is 1. The SMILES string of the molecule is Cc1cc([N+](=O)[O-])ccc1NC(=O)C(=O)NCCN1CCN(c2ccc(Cl)cc2)CC1. The average molecular weight is 446 g/mol. The second kappa shape index (κ2) is 10.2. The van der Waals surface area contributed by atoms with Gasteiger partial charge in [-0.15, -0.1) is 0 Å². The van der Waals surface area contributed by atoms with Crippen LogP contribution in [0.3, 0.4) is 0 Å². The van der Waals surface area contributed by atoms with E-state index in [2.05, 4.69) is 20.4 Å². The summed E-state index contributed by atoms with van der Waals surface area (Å²) in [4.78, 5) is 39.0. The maximum atomic E-state index is 12.1. The lowest BCUT2D eigenvalue weighted by Gasteiger charge is -2.36. The Morgan fingerprint density at radius 2 is 1.74 bits per heavy atom. The molecule has 2 amide bonds. The summed E-state index contributed by atoms with van der Waals surface area (Å²) in [6.07, 6.45) is 0. The average Bonchev–Trinajstić information content (AvgIpc) is 2.76. The van der Waals surface area contributed by atoms with Gasteiger partial charge in [0.1, 0.15) is 0 Å². The van der Waals surface area contributed by atoms with Crippen LogP contribution in [-0.4, -0.2) is 60.9 Å². The number of nitrogens with zero attached hydrogens (tertiary/aromatic N) is 3. The van der Waals surface area contributed by atoms with Gasteiger partial charge in [-0.05, 0) is 42.8 Å². The smallest absolute Gasteiger partial charge is 0.313 e. The molecule has 0 spiro atoms. The Bertz CT molecular complexity index is 959. The van der Waals surface area contributed by atoms with E-state index in [0.717, 1.165) is 31.9 Å². The normalized spacial score (nSPS) is 14.2. The number of amides is 2. The number of aryl methyl sites for hydroxylation is 1. The van der Waals surface area contributed by atoms with Crippen LogP contribution in [0.4, 0.5) is 17.1 Å². The van der Waals surface area contributed by atoms with E-state index in [1.165, 1.54) is 18.2 Å². The number of hydrogen-bond donors (Lipinski definition) is 2. The Balaban J connectivity index is 1.39. The van der Waals surface area contributed by atoms with E-state index in [4.69, 9.17) is 11.6 Å². The number of halogens is 1. The van der Waals surface area contributed by atoms with Gasteiger partial charge in [-0.3, -0.25) is 24.6 Å². The number of non-ortho nitro benzene ring substituents is 1. The van der Waals surface area contributed by atoms with Crippen LogP contribution in [0.15, 0.2) is 42.5 Å². The number of piperazine rings is 1. The van der Waals surface area contributed by atoms with Crippen molar-refractivity contribution in [1.82, 2.24) is 10.2 Å². The van der Waals surface area contributed by atoms with Crippen LogP contribution in [0.5, 0.6) is 0 Å². The van der Waals surface area contributed by atoms with Gasteiger partial charge in [0.25, 0.3) is 5.69 Å². The zero-order valence-corrected chi connectivity index (χ0v) is 17.9. The number of anilines is 2. The van der Waals surface area contributed by atoms with Gasteiger partial charge in [0.2, 0.25) is 0 Å². The lowest BCUT2D eigenvalue weighted by atomic mass is 10.2. The Morgan fingerprint density at radius 3 is 2.35 bits per heavy atom. The zero-order chi connectivity index (χ0) is 22.4. The third kappa shape index (κ3) is 6.16. The van der Waals surface area contributed by atoms with E-state index in [9.17, 15) is 19.7 Å². The minimum Gasteiger partial charge on any atom is -0.369 e. The Hall–Kier alpha value is -3.17. The predicted octanol–water partition coefficient (Wildman–Crippen LogP) is 2.43. The maximum Gasteiger partial charge on any atom is 0.313 e. The number of nitro groups is 1. The molecule has 1 heterocycles. The van der Waals surface area contributed by atoms with Crippen molar-refractivity contribution in [2.45, 2.75) is 6.92 Å². The summed E-state index contributed by atoms with van der Waals surface area (Å²) in [6, 6.07) is 11.8. The molecule has 1 aliphatic rings. The molecule has 31 heavy (non-hydrogen) atoms. The molecular weight excluding hydrogens is 422 g/mol. The van der Waals surface area contributed by atoms with Gasteiger partial charge in [-0.25, -0.2) is 0 Å². The summed E-state index contributed by atoms with van der Waals surface area (Å²) >= 11 is 5.94. The van der Waals surface area contributed by atoms with Crippen molar-refractivity contribution in [2.24, 2.45) is 0 Å². The van der Waals surface area contributed by atoms with Crippen molar-refractivity contribution < 1.29 is 14.5 Å². The molecule has 0 aromatic heterocycles. The topological polar surface area (TPSA) is 108 Å². The standard InChI is InChI=1S/C21H24ClN5O4/c1-15-14-18(27(30)31)6-7-19(15)24-21(29)20(28)23-8-9-25-10-12-26(13-11-25)17-4-2-16(22)3-5-17/h2-7,14H,8-13H2,1H3,(H,23,28)(H,24,29). The molecule has 0 aliphatic carbocycles. The fraction of sp³-hybridized carbons (Fsp3) is 0.333. The molecule has 3 rings (SSSR count). The van der Waals surface area contributed by atoms with Gasteiger partial charge in [-0.2, -0.15) is 0 Å². The van der Waals surface area contributed by atoms with Crippen molar-refractivity contribution in [1.29, 1.82) is 0 Å². The lowest BCUT2D eigenvalue weighted by Crippen LogP contribution is -2.49. The summed E-state index contributed by atoms with van der Waals surface area (Å²) < 4.78 is 0. The predicted molar refractivity (Wildman–Crippen MR) is 120 cm³/mol. The number of nitrogens with one attached hydrogen (secondary N) is 2.